The summed E-state index contributed by atoms with van der Waals surface area (Å²) in [7, 11) is 0. The molecule has 1 aromatic carbocycles. The zero-order chi connectivity index (χ0) is 11.1. The van der Waals surface area contributed by atoms with Gasteiger partial charge < -0.3 is 0 Å². The van der Waals surface area contributed by atoms with E-state index in [-0.39, 0.29) is 11.2 Å². The molecule has 0 amide bonds. The van der Waals surface area contributed by atoms with Gasteiger partial charge in [0.1, 0.15) is 5.52 Å². The molecule has 0 unspecified atom stereocenters. The van der Waals surface area contributed by atoms with Gasteiger partial charge >= 0.3 is 0 Å². The van der Waals surface area contributed by atoms with Crippen LogP contribution in [0, 0.1) is 5.82 Å². The van der Waals surface area contributed by atoms with Gasteiger partial charge in [-0.15, -0.1) is 0 Å². The average Bonchev–Trinajstić information content (AvgIpc) is 2.16. The molecule has 0 N–H and O–H groups in total. The summed E-state index contributed by atoms with van der Waals surface area (Å²) in [6.07, 6.45) is 3.08. The third-order valence-corrected chi connectivity index (χ3v) is 2.39. The summed E-state index contributed by atoms with van der Waals surface area (Å²) in [6, 6.07) is 3.60. The monoisotopic (exact) mass is 204 g/mol. The Hall–Kier alpha value is -1.51. The van der Waals surface area contributed by atoms with Crippen LogP contribution in [0.3, 0.4) is 0 Å². The van der Waals surface area contributed by atoms with Crippen molar-refractivity contribution in [2.75, 3.05) is 0 Å². The third-order valence-electron chi connectivity index (χ3n) is 2.39. The molecule has 0 fully saturated rings. The van der Waals surface area contributed by atoms with Crippen molar-refractivity contribution in [3.05, 3.63) is 35.9 Å². The zero-order valence-electron chi connectivity index (χ0n) is 9.08. The standard InChI is InChI=1S/C12H13FN2/c1-12(2,3)8-4-5-9-11(10(8)13)15-7-6-14-9/h4-7H,1-3H3. The molecule has 0 aliphatic heterocycles. The van der Waals surface area contributed by atoms with Gasteiger partial charge in [-0.05, 0) is 17.0 Å². The molecule has 2 rings (SSSR count). The van der Waals surface area contributed by atoms with Crippen LogP contribution in [-0.4, -0.2) is 9.97 Å². The lowest BCUT2D eigenvalue weighted by atomic mass is 9.86. The van der Waals surface area contributed by atoms with Gasteiger partial charge in [-0.3, -0.25) is 4.98 Å². The van der Waals surface area contributed by atoms with Crippen molar-refractivity contribution in [1.82, 2.24) is 9.97 Å². The summed E-state index contributed by atoms with van der Waals surface area (Å²) in [5.41, 5.74) is 1.42. The third kappa shape index (κ3) is 1.69. The average molecular weight is 204 g/mol. The fourth-order valence-electron chi connectivity index (χ4n) is 1.58. The van der Waals surface area contributed by atoms with Gasteiger partial charge in [-0.2, -0.15) is 0 Å². The number of aromatic nitrogens is 2. The number of benzene rings is 1. The highest BCUT2D eigenvalue weighted by Gasteiger charge is 2.20. The number of hydrogen-bond donors (Lipinski definition) is 0. The molecule has 1 heterocycles. The number of fused-ring (bicyclic) bond motifs is 1. The molecule has 0 spiro atoms. The van der Waals surface area contributed by atoms with E-state index < -0.39 is 0 Å². The van der Waals surface area contributed by atoms with E-state index in [2.05, 4.69) is 9.97 Å². The lowest BCUT2D eigenvalue weighted by Crippen LogP contribution is -2.14. The van der Waals surface area contributed by atoms with Crippen molar-refractivity contribution in [2.45, 2.75) is 26.2 Å². The summed E-state index contributed by atoms with van der Waals surface area (Å²) < 4.78 is 14.1. The number of rotatable bonds is 0. The fourth-order valence-corrected chi connectivity index (χ4v) is 1.58. The van der Waals surface area contributed by atoms with E-state index in [9.17, 15) is 4.39 Å². The fraction of sp³-hybridized carbons (Fsp3) is 0.333. The maximum absolute atomic E-state index is 14.1. The van der Waals surface area contributed by atoms with E-state index in [1.807, 2.05) is 26.8 Å². The van der Waals surface area contributed by atoms with Crippen LogP contribution in [0.1, 0.15) is 26.3 Å². The number of halogens is 1. The molecule has 0 radical (unpaired) electrons. The minimum Gasteiger partial charge on any atom is -0.253 e. The molecule has 0 atom stereocenters. The van der Waals surface area contributed by atoms with Crippen LogP contribution in [0.25, 0.3) is 11.0 Å². The minimum absolute atomic E-state index is 0.213. The second kappa shape index (κ2) is 3.26. The molecule has 3 heteroatoms. The molecule has 1 aromatic heterocycles. The first kappa shape index (κ1) is 10.0. The van der Waals surface area contributed by atoms with E-state index in [0.29, 0.717) is 16.6 Å². The lowest BCUT2D eigenvalue weighted by molar-refractivity contribution is 0.527. The molecule has 0 aliphatic rings. The largest absolute Gasteiger partial charge is 0.253 e. The molecule has 2 nitrogen and oxygen atoms in total. The number of hydrogen-bond acceptors (Lipinski definition) is 2. The van der Waals surface area contributed by atoms with E-state index in [1.54, 1.807) is 12.3 Å². The molecule has 0 bridgehead atoms. The molecule has 0 saturated carbocycles. The Kier molecular flexibility index (Phi) is 2.18. The maximum Gasteiger partial charge on any atom is 0.154 e. The molecule has 0 saturated heterocycles. The van der Waals surface area contributed by atoms with Crippen LogP contribution in [-0.2, 0) is 5.41 Å². The van der Waals surface area contributed by atoms with E-state index in [1.165, 1.54) is 6.20 Å². The lowest BCUT2D eigenvalue weighted by Gasteiger charge is -2.19. The molecular weight excluding hydrogens is 191 g/mol. The van der Waals surface area contributed by atoms with Gasteiger partial charge in [0, 0.05) is 12.4 Å². The van der Waals surface area contributed by atoms with Gasteiger partial charge in [0.05, 0.1) is 5.52 Å². The molecule has 2 aromatic rings. The van der Waals surface area contributed by atoms with Crippen molar-refractivity contribution in [3.8, 4) is 0 Å². The first-order valence-electron chi connectivity index (χ1n) is 4.90. The summed E-state index contributed by atoms with van der Waals surface area (Å²) in [6.45, 7) is 5.94. The van der Waals surface area contributed by atoms with E-state index >= 15 is 0 Å². The van der Waals surface area contributed by atoms with Crippen molar-refractivity contribution in [3.63, 3.8) is 0 Å². The van der Waals surface area contributed by atoms with Crippen LogP contribution in [0.15, 0.2) is 24.5 Å². The van der Waals surface area contributed by atoms with Crippen molar-refractivity contribution in [2.24, 2.45) is 0 Å². The highest BCUT2D eigenvalue weighted by atomic mass is 19.1. The normalized spacial score (nSPS) is 12.0. The van der Waals surface area contributed by atoms with Crippen molar-refractivity contribution in [1.29, 1.82) is 0 Å². The summed E-state index contributed by atoms with van der Waals surface area (Å²) in [4.78, 5) is 8.08. The zero-order valence-corrected chi connectivity index (χ0v) is 9.08. The van der Waals surface area contributed by atoms with Crippen LogP contribution >= 0.6 is 0 Å². The quantitative estimate of drug-likeness (QED) is 0.659. The summed E-state index contributed by atoms with van der Waals surface area (Å²) >= 11 is 0. The Balaban J connectivity index is 2.76. The highest BCUT2D eigenvalue weighted by Crippen LogP contribution is 2.28. The van der Waals surface area contributed by atoms with Gasteiger partial charge in [0.15, 0.2) is 5.82 Å². The Morgan fingerprint density at radius 3 is 2.40 bits per heavy atom. The first-order chi connectivity index (χ1) is 7.00. The van der Waals surface area contributed by atoms with Gasteiger partial charge in [0.25, 0.3) is 0 Å². The Bertz CT molecular complexity index is 500. The van der Waals surface area contributed by atoms with Crippen LogP contribution in [0.4, 0.5) is 4.39 Å². The van der Waals surface area contributed by atoms with Gasteiger partial charge in [0.2, 0.25) is 0 Å². The molecular formula is C12H13FN2. The Morgan fingerprint density at radius 2 is 1.73 bits per heavy atom. The van der Waals surface area contributed by atoms with Crippen LogP contribution in [0.2, 0.25) is 0 Å². The molecule has 15 heavy (non-hydrogen) atoms. The summed E-state index contributed by atoms with van der Waals surface area (Å²) in [5.74, 6) is -0.256. The summed E-state index contributed by atoms with van der Waals surface area (Å²) in [5, 5.41) is 0. The predicted octanol–water partition coefficient (Wildman–Crippen LogP) is 3.07. The minimum atomic E-state index is -0.256. The van der Waals surface area contributed by atoms with Gasteiger partial charge in [-0.1, -0.05) is 26.8 Å². The maximum atomic E-state index is 14.1. The Labute approximate surface area is 88.2 Å². The number of nitrogens with zero attached hydrogens (tertiary/aromatic N) is 2. The topological polar surface area (TPSA) is 25.8 Å². The second-order valence-corrected chi connectivity index (χ2v) is 4.60. The Morgan fingerprint density at radius 1 is 1.07 bits per heavy atom. The SMILES string of the molecule is CC(C)(C)c1ccc2nccnc2c1F. The predicted molar refractivity (Wildman–Crippen MR) is 58.2 cm³/mol. The highest BCUT2D eigenvalue weighted by molar-refractivity contribution is 5.75. The van der Waals surface area contributed by atoms with Crippen LogP contribution in [0.5, 0.6) is 0 Å². The van der Waals surface area contributed by atoms with Crippen LogP contribution < -0.4 is 0 Å². The molecule has 0 aliphatic carbocycles. The van der Waals surface area contributed by atoms with Gasteiger partial charge in [-0.25, -0.2) is 9.37 Å². The van der Waals surface area contributed by atoms with E-state index in [4.69, 9.17) is 0 Å². The first-order valence-corrected chi connectivity index (χ1v) is 4.90. The van der Waals surface area contributed by atoms with Crippen molar-refractivity contribution >= 4 is 11.0 Å². The van der Waals surface area contributed by atoms with Crippen molar-refractivity contribution < 1.29 is 4.39 Å². The smallest absolute Gasteiger partial charge is 0.154 e. The molecule has 78 valence electrons. The second-order valence-electron chi connectivity index (χ2n) is 4.60. The van der Waals surface area contributed by atoms with E-state index in [0.717, 1.165) is 0 Å².